The van der Waals surface area contributed by atoms with Crippen LogP contribution in [0.15, 0.2) is 59.7 Å². The van der Waals surface area contributed by atoms with Crippen LogP contribution in [0.3, 0.4) is 0 Å². The number of amides is 3. The predicted molar refractivity (Wildman–Crippen MR) is 144 cm³/mol. The molecule has 0 unspecified atom stereocenters. The summed E-state index contributed by atoms with van der Waals surface area (Å²) in [6.45, 7) is 5.58. The van der Waals surface area contributed by atoms with E-state index in [1.165, 1.54) is 13.3 Å². The number of carbonyl (C=O) groups is 3. The lowest BCUT2D eigenvalue weighted by Crippen LogP contribution is -2.32. The Kier molecular flexibility index (Phi) is 9.23. The summed E-state index contributed by atoms with van der Waals surface area (Å²) < 4.78 is 10.9. The summed E-state index contributed by atoms with van der Waals surface area (Å²) in [6, 6.07) is 15.4. The molecule has 10 heteroatoms. The summed E-state index contributed by atoms with van der Waals surface area (Å²) in [5.41, 5.74) is 6.86. The number of benzene rings is 3. The van der Waals surface area contributed by atoms with Gasteiger partial charge in [-0.3, -0.25) is 14.4 Å². The average molecular weight is 523 g/mol. The van der Waals surface area contributed by atoms with Gasteiger partial charge in [0.15, 0.2) is 18.1 Å². The van der Waals surface area contributed by atoms with Gasteiger partial charge in [-0.2, -0.15) is 5.10 Å². The Balaban J connectivity index is 1.53. The number of rotatable bonds is 8. The molecule has 3 rings (SSSR count). The normalized spacial score (nSPS) is 10.6. The lowest BCUT2D eigenvalue weighted by molar-refractivity contribution is -0.136. The number of hydrazone groups is 1. The lowest BCUT2D eigenvalue weighted by Gasteiger charge is -2.12. The Labute approximate surface area is 219 Å². The molecule has 0 atom stereocenters. The van der Waals surface area contributed by atoms with Crippen LogP contribution in [0.4, 0.5) is 11.4 Å². The van der Waals surface area contributed by atoms with Crippen molar-refractivity contribution in [3.8, 4) is 11.5 Å². The topological polar surface area (TPSA) is 118 Å². The SMILES string of the molecule is COc1cc(/C=N/NC(=O)C(=O)Nc2ccc(C)c(Cl)c2)ccc1OCC(=O)Nc1ccc(C)c(C)c1. The van der Waals surface area contributed by atoms with Crippen molar-refractivity contribution in [2.45, 2.75) is 20.8 Å². The summed E-state index contributed by atoms with van der Waals surface area (Å²) in [7, 11) is 1.46. The van der Waals surface area contributed by atoms with Crippen LogP contribution in [-0.2, 0) is 14.4 Å². The summed E-state index contributed by atoms with van der Waals surface area (Å²) in [5.74, 6) is -1.43. The molecular weight excluding hydrogens is 496 g/mol. The fraction of sp³-hybridized carbons (Fsp3) is 0.185. The van der Waals surface area contributed by atoms with Crippen LogP contribution in [0.5, 0.6) is 11.5 Å². The number of anilines is 2. The van der Waals surface area contributed by atoms with Gasteiger partial charge in [-0.1, -0.05) is 23.7 Å². The highest BCUT2D eigenvalue weighted by molar-refractivity contribution is 6.39. The van der Waals surface area contributed by atoms with Crippen LogP contribution in [0.25, 0.3) is 0 Å². The van der Waals surface area contributed by atoms with Gasteiger partial charge in [-0.05, 0) is 85.5 Å². The first-order chi connectivity index (χ1) is 17.7. The summed E-state index contributed by atoms with van der Waals surface area (Å²) in [4.78, 5) is 36.4. The van der Waals surface area contributed by atoms with Crippen molar-refractivity contribution in [1.29, 1.82) is 0 Å². The minimum absolute atomic E-state index is 0.214. The molecule has 0 radical (unpaired) electrons. The van der Waals surface area contributed by atoms with Crippen molar-refractivity contribution < 1.29 is 23.9 Å². The number of halogens is 1. The molecule has 0 saturated carbocycles. The maximum atomic E-state index is 12.3. The Bertz CT molecular complexity index is 1360. The van der Waals surface area contributed by atoms with Gasteiger partial charge in [0, 0.05) is 16.4 Å². The molecule has 192 valence electrons. The van der Waals surface area contributed by atoms with Gasteiger partial charge < -0.3 is 20.1 Å². The van der Waals surface area contributed by atoms with E-state index in [0.29, 0.717) is 33.5 Å². The Morgan fingerprint density at radius 2 is 1.54 bits per heavy atom. The third-order valence-electron chi connectivity index (χ3n) is 5.35. The second kappa shape index (κ2) is 12.5. The molecule has 3 aromatic rings. The van der Waals surface area contributed by atoms with Gasteiger partial charge in [-0.25, -0.2) is 5.43 Å². The number of aryl methyl sites for hydroxylation is 3. The quantitative estimate of drug-likeness (QED) is 0.230. The molecule has 9 nitrogen and oxygen atoms in total. The summed E-state index contributed by atoms with van der Waals surface area (Å²) in [5, 5.41) is 9.52. The Morgan fingerprint density at radius 1 is 0.838 bits per heavy atom. The molecule has 3 aromatic carbocycles. The van der Waals surface area contributed by atoms with Gasteiger partial charge in [0.1, 0.15) is 0 Å². The second-order valence-electron chi connectivity index (χ2n) is 8.16. The van der Waals surface area contributed by atoms with E-state index in [1.807, 2.05) is 39.0 Å². The first-order valence-electron chi connectivity index (χ1n) is 11.2. The van der Waals surface area contributed by atoms with E-state index in [0.717, 1.165) is 16.7 Å². The molecule has 0 saturated heterocycles. The fourth-order valence-corrected chi connectivity index (χ4v) is 3.30. The molecule has 37 heavy (non-hydrogen) atoms. The van der Waals surface area contributed by atoms with E-state index >= 15 is 0 Å². The van der Waals surface area contributed by atoms with Crippen LogP contribution in [-0.4, -0.2) is 37.7 Å². The molecule has 0 aliphatic rings. The summed E-state index contributed by atoms with van der Waals surface area (Å²) >= 11 is 6.03. The van der Waals surface area contributed by atoms with E-state index in [1.54, 1.807) is 36.4 Å². The number of carbonyl (C=O) groups excluding carboxylic acids is 3. The van der Waals surface area contributed by atoms with Crippen molar-refractivity contribution in [2.24, 2.45) is 5.10 Å². The van der Waals surface area contributed by atoms with Crippen LogP contribution >= 0.6 is 11.6 Å². The number of hydrogen-bond acceptors (Lipinski definition) is 6. The molecule has 0 heterocycles. The second-order valence-corrected chi connectivity index (χ2v) is 8.57. The number of ether oxygens (including phenoxy) is 2. The molecule has 0 aliphatic heterocycles. The van der Waals surface area contributed by atoms with E-state index in [4.69, 9.17) is 21.1 Å². The van der Waals surface area contributed by atoms with Gasteiger partial charge >= 0.3 is 11.8 Å². The van der Waals surface area contributed by atoms with E-state index < -0.39 is 11.8 Å². The number of hydrogen-bond donors (Lipinski definition) is 3. The maximum Gasteiger partial charge on any atom is 0.329 e. The first kappa shape index (κ1) is 27.2. The van der Waals surface area contributed by atoms with Crippen LogP contribution in [0.2, 0.25) is 5.02 Å². The molecule has 0 spiro atoms. The van der Waals surface area contributed by atoms with Gasteiger partial charge in [-0.15, -0.1) is 0 Å². The third kappa shape index (κ3) is 7.81. The highest BCUT2D eigenvalue weighted by Crippen LogP contribution is 2.27. The molecule has 0 aliphatic carbocycles. The standard InChI is InChI=1S/C27H27ClN4O5/c1-16-5-8-20(11-18(16)3)30-25(33)15-37-23-10-7-19(12-24(23)36-4)14-29-32-27(35)26(34)31-21-9-6-17(2)22(28)13-21/h5-14H,15H2,1-4H3,(H,30,33)(H,31,34)(H,32,35)/b29-14+. The minimum atomic E-state index is -0.949. The Hall–Kier alpha value is -4.37. The summed E-state index contributed by atoms with van der Waals surface area (Å²) in [6.07, 6.45) is 1.34. The molecule has 3 N–H and O–H groups in total. The molecule has 0 bridgehead atoms. The van der Waals surface area contributed by atoms with Crippen molar-refractivity contribution in [3.63, 3.8) is 0 Å². The number of nitrogens with one attached hydrogen (secondary N) is 3. The number of nitrogens with zero attached hydrogens (tertiary/aromatic N) is 1. The van der Waals surface area contributed by atoms with Crippen LogP contribution in [0, 0.1) is 20.8 Å². The van der Waals surface area contributed by atoms with Crippen molar-refractivity contribution in [1.82, 2.24) is 5.43 Å². The average Bonchev–Trinajstić information content (AvgIpc) is 2.87. The molecular formula is C27H27ClN4O5. The molecule has 3 amide bonds. The first-order valence-corrected chi connectivity index (χ1v) is 11.6. The fourth-order valence-electron chi connectivity index (χ4n) is 3.12. The Morgan fingerprint density at radius 3 is 2.22 bits per heavy atom. The van der Waals surface area contributed by atoms with Crippen LogP contribution in [0.1, 0.15) is 22.3 Å². The van der Waals surface area contributed by atoms with Crippen molar-refractivity contribution in [3.05, 3.63) is 81.9 Å². The smallest absolute Gasteiger partial charge is 0.329 e. The van der Waals surface area contributed by atoms with Crippen LogP contribution < -0.4 is 25.5 Å². The highest BCUT2D eigenvalue weighted by atomic mass is 35.5. The zero-order valence-corrected chi connectivity index (χ0v) is 21.6. The van der Waals surface area contributed by atoms with Gasteiger partial charge in [0.25, 0.3) is 5.91 Å². The number of methoxy groups -OCH3 is 1. The zero-order valence-electron chi connectivity index (χ0n) is 20.8. The third-order valence-corrected chi connectivity index (χ3v) is 5.76. The lowest BCUT2D eigenvalue weighted by atomic mass is 10.1. The van der Waals surface area contributed by atoms with Crippen molar-refractivity contribution in [2.75, 3.05) is 24.4 Å². The highest BCUT2D eigenvalue weighted by Gasteiger charge is 2.14. The monoisotopic (exact) mass is 522 g/mol. The molecule has 0 fully saturated rings. The van der Waals surface area contributed by atoms with E-state index in [9.17, 15) is 14.4 Å². The van der Waals surface area contributed by atoms with E-state index in [2.05, 4.69) is 21.2 Å². The van der Waals surface area contributed by atoms with Gasteiger partial charge in [0.2, 0.25) is 0 Å². The maximum absolute atomic E-state index is 12.3. The zero-order chi connectivity index (χ0) is 26.9. The van der Waals surface area contributed by atoms with Gasteiger partial charge in [0.05, 0.1) is 13.3 Å². The van der Waals surface area contributed by atoms with E-state index in [-0.39, 0.29) is 12.5 Å². The van der Waals surface area contributed by atoms with Crippen molar-refractivity contribution >= 4 is 46.9 Å². The largest absolute Gasteiger partial charge is 0.493 e. The minimum Gasteiger partial charge on any atom is -0.493 e. The molecule has 0 aromatic heterocycles. The predicted octanol–water partition coefficient (Wildman–Crippen LogP) is 4.38.